The average molecular weight is 144 g/mol. The molecule has 0 spiro atoms. The standard InChI is InChI=1S/C11H12/c1-2-9-6-7-10-4-3-5-11(10)8-9/h2-5,8,10H,1,6-7H2. The summed E-state index contributed by atoms with van der Waals surface area (Å²) in [5, 5.41) is 0. The van der Waals surface area contributed by atoms with Gasteiger partial charge in [-0.2, -0.15) is 0 Å². The molecule has 1 atom stereocenters. The molecule has 0 aliphatic heterocycles. The Kier molecular flexibility index (Phi) is 1.54. The van der Waals surface area contributed by atoms with E-state index in [0.29, 0.717) is 5.92 Å². The second kappa shape index (κ2) is 2.54. The van der Waals surface area contributed by atoms with Gasteiger partial charge in [0, 0.05) is 5.92 Å². The molecule has 0 fully saturated rings. The molecule has 0 saturated heterocycles. The Balaban J connectivity index is 2.29. The van der Waals surface area contributed by atoms with Crippen molar-refractivity contribution in [3.63, 3.8) is 0 Å². The van der Waals surface area contributed by atoms with Crippen LogP contribution in [0.5, 0.6) is 0 Å². The Morgan fingerprint density at radius 2 is 2.45 bits per heavy atom. The molecule has 0 amide bonds. The number of hydrogen-bond donors (Lipinski definition) is 0. The third-order valence-corrected chi connectivity index (χ3v) is 2.42. The van der Waals surface area contributed by atoms with Crippen LogP contribution in [0.25, 0.3) is 0 Å². The van der Waals surface area contributed by atoms with Crippen molar-refractivity contribution in [3.05, 3.63) is 48.1 Å². The molecule has 0 nitrogen and oxygen atoms in total. The first-order valence-corrected chi connectivity index (χ1v) is 4.11. The van der Waals surface area contributed by atoms with Crippen molar-refractivity contribution in [3.8, 4) is 0 Å². The molecule has 0 saturated carbocycles. The predicted molar refractivity (Wildman–Crippen MR) is 48.2 cm³/mol. The molecule has 0 aromatic carbocycles. The minimum absolute atomic E-state index is 0.707. The molecule has 0 N–H and O–H groups in total. The molecule has 0 heterocycles. The average Bonchev–Trinajstić information content (AvgIpc) is 2.50. The predicted octanol–water partition coefficient (Wildman–Crippen LogP) is 3.01. The molecule has 11 heavy (non-hydrogen) atoms. The molecule has 56 valence electrons. The van der Waals surface area contributed by atoms with Gasteiger partial charge in [0.2, 0.25) is 0 Å². The van der Waals surface area contributed by atoms with Crippen molar-refractivity contribution in [2.24, 2.45) is 5.92 Å². The van der Waals surface area contributed by atoms with Gasteiger partial charge in [0.15, 0.2) is 0 Å². The fourth-order valence-electron chi connectivity index (χ4n) is 1.72. The van der Waals surface area contributed by atoms with Crippen LogP contribution >= 0.6 is 0 Å². The lowest BCUT2D eigenvalue weighted by Gasteiger charge is -2.17. The van der Waals surface area contributed by atoms with Gasteiger partial charge in [-0.05, 0) is 24.0 Å². The summed E-state index contributed by atoms with van der Waals surface area (Å²) in [7, 11) is 0. The molecule has 2 aliphatic rings. The van der Waals surface area contributed by atoms with E-state index in [1.54, 1.807) is 0 Å². The SMILES string of the molecule is C=CC1=CC2=CC=CC2CC1. The topological polar surface area (TPSA) is 0 Å². The van der Waals surface area contributed by atoms with Crippen LogP contribution in [0.4, 0.5) is 0 Å². The van der Waals surface area contributed by atoms with Gasteiger partial charge in [0.25, 0.3) is 0 Å². The summed E-state index contributed by atoms with van der Waals surface area (Å²) in [4.78, 5) is 0. The number of rotatable bonds is 1. The van der Waals surface area contributed by atoms with Gasteiger partial charge >= 0.3 is 0 Å². The lowest BCUT2D eigenvalue weighted by atomic mass is 9.88. The van der Waals surface area contributed by atoms with E-state index >= 15 is 0 Å². The first-order chi connectivity index (χ1) is 5.40. The molecule has 1 unspecified atom stereocenters. The van der Waals surface area contributed by atoms with E-state index in [2.05, 4.69) is 30.9 Å². The van der Waals surface area contributed by atoms with E-state index in [9.17, 15) is 0 Å². The van der Waals surface area contributed by atoms with Gasteiger partial charge < -0.3 is 0 Å². The maximum Gasteiger partial charge on any atom is 0.00243 e. The summed E-state index contributed by atoms with van der Waals surface area (Å²) in [6.07, 6.45) is 13.3. The van der Waals surface area contributed by atoms with Crippen LogP contribution in [-0.2, 0) is 0 Å². The Labute approximate surface area is 67.6 Å². The Bertz CT molecular complexity index is 264. The second-order valence-electron chi connectivity index (χ2n) is 3.12. The van der Waals surface area contributed by atoms with Crippen molar-refractivity contribution in [2.45, 2.75) is 12.8 Å². The van der Waals surface area contributed by atoms with Crippen molar-refractivity contribution < 1.29 is 0 Å². The quantitative estimate of drug-likeness (QED) is 0.530. The molecule has 0 bridgehead atoms. The number of allylic oxidation sites excluding steroid dienone is 7. The summed E-state index contributed by atoms with van der Waals surface area (Å²) in [6, 6.07) is 0. The van der Waals surface area contributed by atoms with Crippen molar-refractivity contribution in [2.75, 3.05) is 0 Å². The minimum atomic E-state index is 0.707. The lowest BCUT2D eigenvalue weighted by molar-refractivity contribution is 0.673. The minimum Gasteiger partial charge on any atom is -0.0988 e. The monoisotopic (exact) mass is 144 g/mol. The Hall–Kier alpha value is -1.04. The van der Waals surface area contributed by atoms with E-state index in [1.165, 1.54) is 24.0 Å². The molecule has 0 aromatic rings. The van der Waals surface area contributed by atoms with Gasteiger partial charge in [-0.25, -0.2) is 0 Å². The first kappa shape index (κ1) is 6.66. The molecule has 0 aromatic heterocycles. The van der Waals surface area contributed by atoms with Gasteiger partial charge in [-0.3, -0.25) is 0 Å². The third-order valence-electron chi connectivity index (χ3n) is 2.42. The summed E-state index contributed by atoms with van der Waals surface area (Å²) in [5.74, 6) is 0.707. The zero-order valence-corrected chi connectivity index (χ0v) is 6.59. The van der Waals surface area contributed by atoms with E-state index < -0.39 is 0 Å². The molecule has 2 rings (SSSR count). The number of fused-ring (bicyclic) bond motifs is 1. The van der Waals surface area contributed by atoms with Crippen molar-refractivity contribution in [1.82, 2.24) is 0 Å². The zero-order valence-electron chi connectivity index (χ0n) is 6.59. The number of hydrogen-bond acceptors (Lipinski definition) is 0. The van der Waals surface area contributed by atoms with Gasteiger partial charge in [0.1, 0.15) is 0 Å². The fraction of sp³-hybridized carbons (Fsp3) is 0.273. The highest BCUT2D eigenvalue weighted by molar-refractivity contribution is 5.42. The largest absolute Gasteiger partial charge is 0.0988 e. The van der Waals surface area contributed by atoms with Crippen LogP contribution in [0.2, 0.25) is 0 Å². The fourth-order valence-corrected chi connectivity index (χ4v) is 1.72. The van der Waals surface area contributed by atoms with Crippen molar-refractivity contribution >= 4 is 0 Å². The Morgan fingerprint density at radius 3 is 3.27 bits per heavy atom. The maximum absolute atomic E-state index is 3.78. The van der Waals surface area contributed by atoms with E-state index in [-0.39, 0.29) is 0 Å². The summed E-state index contributed by atoms with van der Waals surface area (Å²) in [5.41, 5.74) is 2.85. The van der Waals surface area contributed by atoms with Gasteiger partial charge in [-0.1, -0.05) is 37.0 Å². The highest BCUT2D eigenvalue weighted by Gasteiger charge is 2.17. The first-order valence-electron chi connectivity index (χ1n) is 4.11. The van der Waals surface area contributed by atoms with Crippen LogP contribution in [0, 0.1) is 5.92 Å². The van der Waals surface area contributed by atoms with Crippen LogP contribution < -0.4 is 0 Å². The molecule has 0 radical (unpaired) electrons. The van der Waals surface area contributed by atoms with E-state index in [4.69, 9.17) is 0 Å². The zero-order chi connectivity index (χ0) is 7.68. The molecule has 2 aliphatic carbocycles. The van der Waals surface area contributed by atoms with Crippen molar-refractivity contribution in [1.29, 1.82) is 0 Å². The van der Waals surface area contributed by atoms with Crippen LogP contribution in [0.1, 0.15) is 12.8 Å². The van der Waals surface area contributed by atoms with E-state index in [0.717, 1.165) is 0 Å². The van der Waals surface area contributed by atoms with E-state index in [1.807, 2.05) is 6.08 Å². The molecule has 0 heteroatoms. The Morgan fingerprint density at radius 1 is 1.55 bits per heavy atom. The molecular formula is C11H12. The van der Waals surface area contributed by atoms with Gasteiger partial charge in [-0.15, -0.1) is 0 Å². The summed E-state index contributed by atoms with van der Waals surface area (Å²) >= 11 is 0. The van der Waals surface area contributed by atoms with Gasteiger partial charge in [0.05, 0.1) is 0 Å². The highest BCUT2D eigenvalue weighted by Crippen LogP contribution is 2.32. The molecular weight excluding hydrogens is 132 g/mol. The highest BCUT2D eigenvalue weighted by atomic mass is 14.2. The van der Waals surface area contributed by atoms with Crippen LogP contribution in [-0.4, -0.2) is 0 Å². The lowest BCUT2D eigenvalue weighted by Crippen LogP contribution is -2.02. The van der Waals surface area contributed by atoms with Crippen LogP contribution in [0.15, 0.2) is 48.1 Å². The second-order valence-corrected chi connectivity index (χ2v) is 3.12. The normalized spacial score (nSPS) is 27.5. The smallest absolute Gasteiger partial charge is 0.00243 e. The maximum atomic E-state index is 3.78. The van der Waals surface area contributed by atoms with Crippen LogP contribution in [0.3, 0.4) is 0 Å². The third kappa shape index (κ3) is 1.09. The summed E-state index contributed by atoms with van der Waals surface area (Å²) < 4.78 is 0. The summed E-state index contributed by atoms with van der Waals surface area (Å²) in [6.45, 7) is 3.78.